The Labute approximate surface area is 488 Å². The van der Waals surface area contributed by atoms with Gasteiger partial charge in [-0.25, -0.2) is 22.8 Å². The van der Waals surface area contributed by atoms with E-state index in [2.05, 4.69) is 75.7 Å². The largest absolute Gasteiger partial charge is 0.437 e. The van der Waals surface area contributed by atoms with E-state index in [-0.39, 0.29) is 41.6 Å². The quantitative estimate of drug-likeness (QED) is 0.105. The van der Waals surface area contributed by atoms with E-state index >= 15 is 0 Å². The van der Waals surface area contributed by atoms with Crippen molar-refractivity contribution in [3.63, 3.8) is 0 Å². The zero-order chi connectivity index (χ0) is 59.3. The van der Waals surface area contributed by atoms with E-state index in [0.717, 1.165) is 65.3 Å². The Kier molecular flexibility index (Phi) is 27.6. The summed E-state index contributed by atoms with van der Waals surface area (Å²) in [4.78, 5) is 39.7. The molecule has 2 aromatic carbocycles. The summed E-state index contributed by atoms with van der Waals surface area (Å²) < 4.78 is 72.4. The number of hydrogen-bond acceptors (Lipinski definition) is 18. The highest BCUT2D eigenvalue weighted by Gasteiger charge is 2.52. The van der Waals surface area contributed by atoms with Crippen LogP contribution < -0.4 is 10.6 Å². The number of ketones is 3. The summed E-state index contributed by atoms with van der Waals surface area (Å²) in [5.74, 6) is 21.5. The highest BCUT2D eigenvalue weighted by Crippen LogP contribution is 2.39. The van der Waals surface area contributed by atoms with Crippen molar-refractivity contribution >= 4 is 58.5 Å². The molecule has 0 atom stereocenters. The van der Waals surface area contributed by atoms with Crippen LogP contribution in [0.1, 0.15) is 93.4 Å². The third kappa shape index (κ3) is 19.1. The summed E-state index contributed by atoms with van der Waals surface area (Å²) in [7, 11) is -8.60. The molecular weight excluding hydrogens is 1090 g/mol. The Bertz CT molecular complexity index is 2970. The van der Waals surface area contributed by atoms with Gasteiger partial charge in [0.05, 0.1) is 29.6 Å². The number of piperidine rings is 4. The molecule has 25 heteroatoms. The Hall–Kier alpha value is -5.31. The summed E-state index contributed by atoms with van der Waals surface area (Å²) in [5.41, 5.74) is -0.636. The van der Waals surface area contributed by atoms with Gasteiger partial charge in [0, 0.05) is 82.1 Å². The minimum absolute atomic E-state index is 0. The first-order chi connectivity index (χ1) is 38.5. The van der Waals surface area contributed by atoms with Crippen LogP contribution in [0.4, 0.5) is 0 Å². The normalized spacial score (nSPS) is 20.0. The summed E-state index contributed by atoms with van der Waals surface area (Å²) in [6, 6.07) is 12.1. The van der Waals surface area contributed by atoms with Crippen LogP contribution in [-0.4, -0.2) is 202 Å². The summed E-state index contributed by atoms with van der Waals surface area (Å²) in [6.45, 7) is 20.6. The molecule has 0 aliphatic carbocycles. The molecule has 0 bridgehead atoms. The Balaban J connectivity index is 0.000000231. The summed E-state index contributed by atoms with van der Waals surface area (Å²) in [6.07, 6.45) is 10.3. The fourth-order valence-corrected chi connectivity index (χ4v) is 13.7. The molecule has 0 amide bonds. The maximum absolute atomic E-state index is 13.1. The van der Waals surface area contributed by atoms with Gasteiger partial charge in [-0.05, 0) is 146 Å². The Morgan fingerprint density at radius 1 is 0.573 bits per heavy atom. The molecule has 0 aromatic heterocycles. The number of hydrogen-bond donors (Lipinski definition) is 5. The number of rotatable bonds is 9. The number of carbonyl (C=O) groups excluding carboxylic acids is 3. The minimum Gasteiger partial charge on any atom is -0.437 e. The van der Waals surface area contributed by atoms with Crippen molar-refractivity contribution in [2.24, 2.45) is 0 Å². The molecule has 0 unspecified atom stereocenters. The van der Waals surface area contributed by atoms with E-state index < -0.39 is 45.6 Å². The molecule has 3 spiro atoms. The fraction of sp³-hybridized carbons (Fsp3) is 0.544. The van der Waals surface area contributed by atoms with Gasteiger partial charge in [0.15, 0.2) is 11.6 Å². The van der Waals surface area contributed by atoms with Crippen LogP contribution in [-0.2, 0) is 39.1 Å². The number of carbonyl (C=O) groups is 3. The molecule has 2 aromatic rings. The van der Waals surface area contributed by atoms with E-state index in [1.54, 1.807) is 25.8 Å². The van der Waals surface area contributed by atoms with Crippen LogP contribution in [0.3, 0.4) is 0 Å². The maximum Gasteiger partial charge on any atom is 0.376 e. The van der Waals surface area contributed by atoms with Gasteiger partial charge in [0.2, 0.25) is 20.0 Å². The van der Waals surface area contributed by atoms with Crippen molar-refractivity contribution in [1.29, 1.82) is 0 Å². The van der Waals surface area contributed by atoms with Gasteiger partial charge in [-0.15, -0.1) is 12.3 Å². The molecule has 82 heavy (non-hydrogen) atoms. The van der Waals surface area contributed by atoms with Gasteiger partial charge in [0.25, 0.3) is 0 Å². The lowest BCUT2D eigenvalue weighted by molar-refractivity contribution is -0.120. The van der Waals surface area contributed by atoms with Crippen LogP contribution in [0.5, 0.6) is 0 Å². The molecule has 0 saturated carbocycles. The van der Waals surface area contributed by atoms with E-state index in [1.807, 2.05) is 16.4 Å². The lowest BCUT2D eigenvalue weighted by Gasteiger charge is -2.43. The number of sulfonamides is 2. The number of nitrogens with one attached hydrogen (secondary N) is 2. The molecule has 7 aliphatic rings. The van der Waals surface area contributed by atoms with E-state index in [9.17, 15) is 41.3 Å². The highest BCUT2D eigenvalue weighted by atomic mass is 32.2. The average molecular weight is 1170 g/mol. The molecule has 5 N–H and O–H groups in total. The fourth-order valence-electron chi connectivity index (χ4n) is 10.2. The molecule has 7 saturated heterocycles. The first kappa shape index (κ1) is 69.2. The minimum atomic E-state index is -3.71. The molecule has 442 valence electrons. The van der Waals surface area contributed by atoms with Crippen molar-refractivity contribution in [3.8, 4) is 59.7 Å². The van der Waals surface area contributed by atoms with Gasteiger partial charge in [-0.1, -0.05) is 31.7 Å². The van der Waals surface area contributed by atoms with E-state index in [4.69, 9.17) is 25.7 Å². The molecule has 7 heterocycles. The zero-order valence-electron chi connectivity index (χ0n) is 47.2. The van der Waals surface area contributed by atoms with Crippen LogP contribution in [0.15, 0.2) is 58.3 Å². The summed E-state index contributed by atoms with van der Waals surface area (Å²) >= 11 is 0. The molecule has 7 aliphatic heterocycles. The lowest BCUT2D eigenvalue weighted by Crippen LogP contribution is -2.56. The molecule has 0 radical (unpaired) electrons. The van der Waals surface area contributed by atoms with Crippen molar-refractivity contribution in [1.82, 2.24) is 33.7 Å². The van der Waals surface area contributed by atoms with Crippen molar-refractivity contribution in [2.75, 3.05) is 91.8 Å². The third-order valence-electron chi connectivity index (χ3n) is 14.9. The number of ether oxygens (including phenoxy) is 3. The molecular formula is C57H79B3N7O13S2-. The van der Waals surface area contributed by atoms with Gasteiger partial charge in [-0.2, -0.15) is 15.5 Å². The van der Waals surface area contributed by atoms with Crippen LogP contribution >= 0.6 is 0 Å². The second-order valence-electron chi connectivity index (χ2n) is 20.2. The summed E-state index contributed by atoms with van der Waals surface area (Å²) in [5, 5.41) is 34.8. The van der Waals surface area contributed by atoms with Crippen LogP contribution in [0.25, 0.3) is 0 Å². The zero-order valence-corrected chi connectivity index (χ0v) is 48.8. The predicted molar refractivity (Wildman–Crippen MR) is 318 cm³/mol. The van der Waals surface area contributed by atoms with Crippen molar-refractivity contribution in [3.05, 3.63) is 66.6 Å². The highest BCUT2D eigenvalue weighted by molar-refractivity contribution is 7.89. The predicted octanol–water partition coefficient (Wildman–Crippen LogP) is 2.18. The Morgan fingerprint density at radius 2 is 0.963 bits per heavy atom. The Morgan fingerprint density at radius 3 is 1.34 bits per heavy atom. The SMILES string of the molecule is C.C#CC#CC#CC#CC#C[CH2-].CB(O)N1CCC(=O)CC1.CB(O)N1CCC2(CC1)NCCO2.CB(O)N1CCC2(CC1)OCCN2S(=O)(=O)c1ccc(C(C)=O)cc1.CC(=O)c1ccc(S(=O)(=O)N2CCOC23CCNCC3)cc1. The van der Waals surface area contributed by atoms with E-state index in [1.165, 1.54) is 58.9 Å². The van der Waals surface area contributed by atoms with Gasteiger partial charge in [-0.3, -0.25) is 25.6 Å². The van der Waals surface area contributed by atoms with Crippen LogP contribution in [0.2, 0.25) is 20.5 Å². The first-order valence-corrected chi connectivity index (χ1v) is 30.1. The monoisotopic (exact) mass is 1170 g/mol. The van der Waals surface area contributed by atoms with Crippen LogP contribution in [0, 0.1) is 66.6 Å². The number of benzene rings is 2. The number of terminal acetylenes is 1. The topological polar surface area (TPSA) is 248 Å². The average Bonchev–Trinajstić information content (AvgIpc) is 4.27. The number of Topliss-reactive ketones (excluding diaryl/α,β-unsaturated/α-hetero) is 3. The van der Waals surface area contributed by atoms with Crippen molar-refractivity contribution < 1.29 is 60.5 Å². The second kappa shape index (κ2) is 32.7. The molecule has 9 rings (SSSR count). The second-order valence-corrected chi connectivity index (χ2v) is 23.9. The smallest absolute Gasteiger partial charge is 0.376 e. The lowest BCUT2D eigenvalue weighted by atomic mass is 9.81. The third-order valence-corrected chi connectivity index (χ3v) is 18.8. The standard InChI is InChI=1S/C16H23BN2O5S.C15H20N2O4S.C11H3.C8H17BN2O2.C6H12BNO2.CH4/c1-13(20)14-3-5-15(6-4-14)25(22,23)19-11-12-24-16(19)7-9-18(10-8-16)17(2)21;1-12(18)13-2-4-14(5-3-13)22(19,20)17-10-11-21-15(17)6-8-16-9-7-15;1-3-5-7-9-11-10-8-6-4-2;1-9(12)11-5-2-8(3-6-11)10-4-7-13-8;1-7(10)8-4-2-6(9)3-5-8;/h3-6,21H,7-12H2,1-2H3;2-5,16H,6-11H2,1H3;1H,2H2;10,12H,2-7H2,1H3;10H,2-5H2,1H3;1H4/q;;-1;;;. The van der Waals surface area contributed by atoms with Gasteiger partial charge < -0.3 is 49.0 Å². The molecule has 20 nitrogen and oxygen atoms in total. The molecule has 7 fully saturated rings. The maximum atomic E-state index is 13.1. The van der Waals surface area contributed by atoms with Gasteiger partial charge in [0.1, 0.15) is 23.0 Å². The first-order valence-electron chi connectivity index (χ1n) is 27.2. The van der Waals surface area contributed by atoms with Crippen molar-refractivity contribution in [2.45, 2.75) is 120 Å². The number of nitrogens with zero attached hydrogens (tertiary/aromatic N) is 5. The van der Waals surface area contributed by atoms with E-state index in [0.29, 0.717) is 94.8 Å². The van der Waals surface area contributed by atoms with Gasteiger partial charge >= 0.3 is 21.2 Å².